The van der Waals surface area contributed by atoms with Crippen LogP contribution in [0, 0.1) is 20.8 Å². The van der Waals surface area contributed by atoms with Crippen LogP contribution >= 0.6 is 0 Å². The summed E-state index contributed by atoms with van der Waals surface area (Å²) in [5.41, 5.74) is 5.27. The first-order valence-corrected chi connectivity index (χ1v) is 9.38. The maximum atomic E-state index is 12.4. The van der Waals surface area contributed by atoms with Crippen LogP contribution < -0.4 is 16.0 Å². The highest BCUT2D eigenvalue weighted by Gasteiger charge is 2.13. The summed E-state index contributed by atoms with van der Waals surface area (Å²) >= 11 is 0. The standard InChI is InChI=1S/C22H28N4O3/c1-14-10-15(2)22(16(3)11-14)25-21(29)13-26(5)12-20(28)24-19-8-6-18(7-9-19)23-17(4)27/h6-11H,12-13H2,1-5H3,(H,23,27)(H,24,28)(H,25,29). The number of nitrogens with one attached hydrogen (secondary N) is 3. The van der Waals surface area contributed by atoms with Crippen molar-refractivity contribution in [3.05, 3.63) is 53.1 Å². The highest BCUT2D eigenvalue weighted by molar-refractivity contribution is 5.96. The van der Waals surface area contributed by atoms with Crippen molar-refractivity contribution < 1.29 is 14.4 Å². The lowest BCUT2D eigenvalue weighted by Gasteiger charge is -2.18. The van der Waals surface area contributed by atoms with Crippen LogP contribution in [0.3, 0.4) is 0 Å². The molecular weight excluding hydrogens is 368 g/mol. The highest BCUT2D eigenvalue weighted by Crippen LogP contribution is 2.21. The second-order valence-electron chi connectivity index (χ2n) is 7.30. The maximum Gasteiger partial charge on any atom is 0.238 e. The number of hydrogen-bond acceptors (Lipinski definition) is 4. The summed E-state index contributed by atoms with van der Waals surface area (Å²) in [4.78, 5) is 37.3. The van der Waals surface area contributed by atoms with E-state index < -0.39 is 0 Å². The van der Waals surface area contributed by atoms with Gasteiger partial charge in [-0.1, -0.05) is 17.7 Å². The van der Waals surface area contributed by atoms with E-state index in [9.17, 15) is 14.4 Å². The normalized spacial score (nSPS) is 10.6. The molecule has 2 aromatic carbocycles. The van der Waals surface area contributed by atoms with E-state index in [0.29, 0.717) is 11.4 Å². The molecule has 0 aliphatic rings. The Bertz CT molecular complexity index is 884. The van der Waals surface area contributed by atoms with E-state index in [0.717, 1.165) is 22.4 Å². The second kappa shape index (κ2) is 9.84. The van der Waals surface area contributed by atoms with Crippen molar-refractivity contribution in [2.75, 3.05) is 36.1 Å². The van der Waals surface area contributed by atoms with Crippen molar-refractivity contribution in [1.29, 1.82) is 0 Å². The molecule has 3 N–H and O–H groups in total. The first-order chi connectivity index (χ1) is 13.6. The van der Waals surface area contributed by atoms with Crippen molar-refractivity contribution in [2.24, 2.45) is 0 Å². The first-order valence-electron chi connectivity index (χ1n) is 9.38. The minimum absolute atomic E-state index is 0.0761. The Morgan fingerprint density at radius 3 is 1.72 bits per heavy atom. The fourth-order valence-corrected chi connectivity index (χ4v) is 3.14. The van der Waals surface area contributed by atoms with Crippen LogP contribution in [0.25, 0.3) is 0 Å². The van der Waals surface area contributed by atoms with Crippen LogP contribution in [0.15, 0.2) is 36.4 Å². The monoisotopic (exact) mass is 396 g/mol. The van der Waals surface area contributed by atoms with Crippen molar-refractivity contribution >= 4 is 34.8 Å². The summed E-state index contributed by atoms with van der Waals surface area (Å²) in [5.74, 6) is -0.553. The molecule has 0 unspecified atom stereocenters. The summed E-state index contributed by atoms with van der Waals surface area (Å²) in [6, 6.07) is 10.9. The van der Waals surface area contributed by atoms with Gasteiger partial charge in [-0.15, -0.1) is 0 Å². The Balaban J connectivity index is 1.85. The number of carbonyl (C=O) groups is 3. The average molecular weight is 396 g/mol. The summed E-state index contributed by atoms with van der Waals surface area (Å²) in [6.07, 6.45) is 0. The smallest absolute Gasteiger partial charge is 0.238 e. The first kappa shape index (κ1) is 22.1. The molecule has 0 heterocycles. The largest absolute Gasteiger partial charge is 0.326 e. The molecule has 2 aromatic rings. The number of carbonyl (C=O) groups excluding carboxylic acids is 3. The quantitative estimate of drug-likeness (QED) is 0.671. The van der Waals surface area contributed by atoms with E-state index in [4.69, 9.17) is 0 Å². The topological polar surface area (TPSA) is 90.5 Å². The number of aryl methyl sites for hydroxylation is 3. The van der Waals surface area contributed by atoms with Crippen molar-refractivity contribution in [2.45, 2.75) is 27.7 Å². The van der Waals surface area contributed by atoms with E-state index in [1.54, 1.807) is 36.2 Å². The third-order valence-electron chi connectivity index (χ3n) is 4.26. The zero-order chi connectivity index (χ0) is 21.6. The summed E-state index contributed by atoms with van der Waals surface area (Å²) in [5, 5.41) is 8.38. The maximum absolute atomic E-state index is 12.4. The molecule has 0 atom stereocenters. The van der Waals surface area contributed by atoms with E-state index in [1.807, 2.05) is 32.9 Å². The van der Waals surface area contributed by atoms with Crippen LogP contribution in [-0.2, 0) is 14.4 Å². The fraction of sp³-hybridized carbons (Fsp3) is 0.318. The van der Waals surface area contributed by atoms with Crippen LogP contribution in [0.1, 0.15) is 23.6 Å². The van der Waals surface area contributed by atoms with Gasteiger partial charge in [0.05, 0.1) is 13.1 Å². The van der Waals surface area contributed by atoms with Crippen molar-refractivity contribution in [1.82, 2.24) is 4.90 Å². The lowest BCUT2D eigenvalue weighted by molar-refractivity contribution is -0.119. The minimum atomic E-state index is -0.227. The predicted octanol–water partition coefficient (Wildman–Crippen LogP) is 3.08. The molecule has 0 saturated heterocycles. The van der Waals surface area contributed by atoms with Gasteiger partial charge in [-0.3, -0.25) is 19.3 Å². The van der Waals surface area contributed by atoms with Gasteiger partial charge >= 0.3 is 0 Å². The summed E-state index contributed by atoms with van der Waals surface area (Å²) < 4.78 is 0. The summed E-state index contributed by atoms with van der Waals surface area (Å²) in [6.45, 7) is 7.55. The molecule has 0 radical (unpaired) electrons. The van der Waals surface area contributed by atoms with Crippen LogP contribution in [0.5, 0.6) is 0 Å². The third kappa shape index (κ3) is 7.04. The molecule has 0 bridgehead atoms. The fourth-order valence-electron chi connectivity index (χ4n) is 3.14. The van der Waals surface area contributed by atoms with Gasteiger partial charge in [0.25, 0.3) is 0 Å². The molecule has 3 amide bonds. The molecule has 7 nitrogen and oxygen atoms in total. The Hall–Kier alpha value is -3.19. The molecule has 29 heavy (non-hydrogen) atoms. The van der Waals surface area contributed by atoms with Gasteiger partial charge in [-0.25, -0.2) is 0 Å². The number of nitrogens with zero attached hydrogens (tertiary/aromatic N) is 1. The molecule has 0 spiro atoms. The number of hydrogen-bond donors (Lipinski definition) is 3. The predicted molar refractivity (Wildman–Crippen MR) is 116 cm³/mol. The molecule has 0 fully saturated rings. The zero-order valence-electron chi connectivity index (χ0n) is 17.6. The average Bonchev–Trinajstić information content (AvgIpc) is 2.59. The van der Waals surface area contributed by atoms with E-state index in [-0.39, 0.29) is 30.8 Å². The van der Waals surface area contributed by atoms with Crippen LogP contribution in [0.2, 0.25) is 0 Å². The van der Waals surface area contributed by atoms with Crippen LogP contribution in [0.4, 0.5) is 17.1 Å². The lowest BCUT2D eigenvalue weighted by atomic mass is 10.1. The molecule has 154 valence electrons. The number of rotatable bonds is 7. The van der Waals surface area contributed by atoms with Gasteiger partial charge < -0.3 is 16.0 Å². The van der Waals surface area contributed by atoms with Gasteiger partial charge in [-0.2, -0.15) is 0 Å². The van der Waals surface area contributed by atoms with Crippen molar-refractivity contribution in [3.8, 4) is 0 Å². The summed E-state index contributed by atoms with van der Waals surface area (Å²) in [7, 11) is 1.72. The minimum Gasteiger partial charge on any atom is -0.326 e. The Labute approximate surface area is 171 Å². The Kier molecular flexibility index (Phi) is 7.50. The molecule has 0 aliphatic heterocycles. The van der Waals surface area contributed by atoms with E-state index in [1.165, 1.54) is 6.92 Å². The highest BCUT2D eigenvalue weighted by atomic mass is 16.2. The molecule has 0 aliphatic carbocycles. The molecule has 0 saturated carbocycles. The SMILES string of the molecule is CC(=O)Nc1ccc(NC(=O)CN(C)CC(=O)Nc2c(C)cc(C)cc2C)cc1. The third-order valence-corrected chi connectivity index (χ3v) is 4.26. The van der Waals surface area contributed by atoms with E-state index in [2.05, 4.69) is 16.0 Å². The molecule has 7 heteroatoms. The molecular formula is C22H28N4O3. The number of anilines is 3. The number of amides is 3. The van der Waals surface area contributed by atoms with Crippen LogP contribution in [-0.4, -0.2) is 42.8 Å². The van der Waals surface area contributed by atoms with Gasteiger partial charge in [0, 0.05) is 24.0 Å². The molecule has 0 aromatic heterocycles. The Morgan fingerprint density at radius 1 is 0.793 bits per heavy atom. The van der Waals surface area contributed by atoms with Gasteiger partial charge in [0.1, 0.15) is 0 Å². The van der Waals surface area contributed by atoms with Gasteiger partial charge in [-0.05, 0) is 63.2 Å². The lowest BCUT2D eigenvalue weighted by Crippen LogP contribution is -2.36. The van der Waals surface area contributed by atoms with Gasteiger partial charge in [0.2, 0.25) is 17.7 Å². The second-order valence-corrected chi connectivity index (χ2v) is 7.30. The number of benzene rings is 2. The van der Waals surface area contributed by atoms with Crippen molar-refractivity contribution in [3.63, 3.8) is 0 Å². The number of likely N-dealkylation sites (N-methyl/N-ethyl adjacent to an activating group) is 1. The van der Waals surface area contributed by atoms with Gasteiger partial charge in [0.15, 0.2) is 0 Å². The zero-order valence-corrected chi connectivity index (χ0v) is 17.6. The Morgan fingerprint density at radius 2 is 1.24 bits per heavy atom. The van der Waals surface area contributed by atoms with E-state index >= 15 is 0 Å². The molecule has 2 rings (SSSR count).